The Bertz CT molecular complexity index is 684. The minimum atomic E-state index is -0.959. The van der Waals surface area contributed by atoms with E-state index in [1.807, 2.05) is 0 Å². The lowest BCUT2D eigenvalue weighted by molar-refractivity contribution is -0.0422. The average Bonchev–Trinajstić information content (AvgIpc) is 2.93. The van der Waals surface area contributed by atoms with Crippen LogP contribution in [0.3, 0.4) is 0 Å². The van der Waals surface area contributed by atoms with Gasteiger partial charge in [0.25, 0.3) is 0 Å². The number of hydrogen-bond donors (Lipinski definition) is 4. The van der Waals surface area contributed by atoms with Crippen LogP contribution >= 0.6 is 0 Å². The third-order valence-corrected chi connectivity index (χ3v) is 3.25. The summed E-state index contributed by atoms with van der Waals surface area (Å²) in [6.07, 6.45) is -0.932. The number of fused-ring (bicyclic) bond motifs is 1. The number of rotatable bonds is 2. The standard InChI is InChI=1S/C11H14N6O3/c1-4-7(19)5(2-18)20-10(4)17-3-14-6-8(12)15-11(13)16-9(6)17/h3,5,7,10,18-19H,1-2H2,(H4,12,13,15,16)/t5-,7+,10-/m1/s1. The predicted octanol–water partition coefficient (Wildman–Crippen LogP) is -1.20. The molecular weight excluding hydrogens is 264 g/mol. The van der Waals surface area contributed by atoms with E-state index in [-0.39, 0.29) is 18.4 Å². The molecule has 1 aliphatic heterocycles. The SMILES string of the molecule is C=C1[C@H](n2cnc3c(N)nc(N)nc32)O[C@H](CO)[C@H]1O. The fraction of sp³-hybridized carbons (Fsp3) is 0.364. The average molecular weight is 278 g/mol. The van der Waals surface area contributed by atoms with Crippen molar-refractivity contribution in [3.8, 4) is 0 Å². The summed E-state index contributed by atoms with van der Waals surface area (Å²) in [7, 11) is 0. The molecule has 0 radical (unpaired) electrons. The second kappa shape index (κ2) is 4.40. The van der Waals surface area contributed by atoms with Crippen molar-refractivity contribution in [2.24, 2.45) is 0 Å². The van der Waals surface area contributed by atoms with Crippen LogP contribution in [0.2, 0.25) is 0 Å². The molecule has 1 saturated heterocycles. The van der Waals surface area contributed by atoms with Crippen molar-refractivity contribution in [3.63, 3.8) is 0 Å². The van der Waals surface area contributed by atoms with Gasteiger partial charge in [-0.3, -0.25) is 4.57 Å². The van der Waals surface area contributed by atoms with Crippen LogP contribution in [0, 0.1) is 0 Å². The van der Waals surface area contributed by atoms with Gasteiger partial charge in [-0.1, -0.05) is 6.58 Å². The Balaban J connectivity index is 2.09. The van der Waals surface area contributed by atoms with E-state index in [9.17, 15) is 5.11 Å². The number of nitrogens with zero attached hydrogens (tertiary/aromatic N) is 4. The van der Waals surface area contributed by atoms with Gasteiger partial charge in [-0.05, 0) is 0 Å². The van der Waals surface area contributed by atoms with Gasteiger partial charge in [-0.15, -0.1) is 0 Å². The normalized spacial score (nSPS) is 26.5. The van der Waals surface area contributed by atoms with Crippen molar-refractivity contribution < 1.29 is 14.9 Å². The van der Waals surface area contributed by atoms with Crippen molar-refractivity contribution in [2.75, 3.05) is 18.1 Å². The minimum Gasteiger partial charge on any atom is -0.394 e. The molecule has 9 nitrogen and oxygen atoms in total. The molecule has 3 atom stereocenters. The van der Waals surface area contributed by atoms with Gasteiger partial charge >= 0.3 is 0 Å². The van der Waals surface area contributed by atoms with E-state index in [0.29, 0.717) is 16.7 Å². The van der Waals surface area contributed by atoms with E-state index in [2.05, 4.69) is 21.5 Å². The van der Waals surface area contributed by atoms with Crippen LogP contribution in [0.5, 0.6) is 0 Å². The summed E-state index contributed by atoms with van der Waals surface area (Å²) < 4.78 is 7.10. The first kappa shape index (κ1) is 12.8. The van der Waals surface area contributed by atoms with Crippen molar-refractivity contribution >= 4 is 22.9 Å². The van der Waals surface area contributed by atoms with Crippen LogP contribution in [-0.4, -0.2) is 48.5 Å². The van der Waals surface area contributed by atoms with Gasteiger partial charge in [0.1, 0.15) is 17.7 Å². The van der Waals surface area contributed by atoms with Crippen molar-refractivity contribution in [3.05, 3.63) is 18.5 Å². The Labute approximate surface area is 113 Å². The van der Waals surface area contributed by atoms with Crippen LogP contribution in [0.4, 0.5) is 11.8 Å². The number of ether oxygens (including phenoxy) is 1. The zero-order valence-electron chi connectivity index (χ0n) is 10.5. The Kier molecular flexibility index (Phi) is 2.82. The molecule has 6 N–H and O–H groups in total. The molecule has 0 aliphatic carbocycles. The lowest BCUT2D eigenvalue weighted by atomic mass is 10.1. The van der Waals surface area contributed by atoms with Gasteiger partial charge in [0.2, 0.25) is 5.95 Å². The number of nitrogen functional groups attached to an aromatic ring is 2. The highest BCUT2D eigenvalue weighted by Crippen LogP contribution is 2.35. The molecule has 2 aromatic rings. The second-order valence-electron chi connectivity index (χ2n) is 4.52. The third kappa shape index (κ3) is 1.72. The van der Waals surface area contributed by atoms with E-state index in [1.54, 1.807) is 4.57 Å². The topological polar surface area (TPSA) is 145 Å². The zero-order valence-corrected chi connectivity index (χ0v) is 10.5. The molecule has 0 unspecified atom stereocenters. The summed E-state index contributed by atoms with van der Waals surface area (Å²) in [4.78, 5) is 12.0. The fourth-order valence-electron chi connectivity index (χ4n) is 2.23. The number of anilines is 2. The summed E-state index contributed by atoms with van der Waals surface area (Å²) in [5, 5.41) is 19.1. The number of aliphatic hydroxyl groups is 2. The van der Waals surface area contributed by atoms with Gasteiger partial charge in [-0.25, -0.2) is 4.98 Å². The first-order valence-electron chi connectivity index (χ1n) is 5.91. The van der Waals surface area contributed by atoms with Crippen LogP contribution in [-0.2, 0) is 4.74 Å². The maximum Gasteiger partial charge on any atom is 0.224 e. The van der Waals surface area contributed by atoms with Crippen LogP contribution < -0.4 is 11.5 Å². The van der Waals surface area contributed by atoms with E-state index in [0.717, 1.165) is 0 Å². The largest absolute Gasteiger partial charge is 0.394 e. The first-order chi connectivity index (χ1) is 9.52. The van der Waals surface area contributed by atoms with Crippen molar-refractivity contribution in [2.45, 2.75) is 18.4 Å². The number of aliphatic hydroxyl groups excluding tert-OH is 2. The fourth-order valence-corrected chi connectivity index (χ4v) is 2.23. The summed E-state index contributed by atoms with van der Waals surface area (Å²) in [5.41, 5.74) is 12.5. The van der Waals surface area contributed by atoms with Crippen LogP contribution in [0.1, 0.15) is 6.23 Å². The molecule has 9 heteroatoms. The smallest absolute Gasteiger partial charge is 0.224 e. The maximum absolute atomic E-state index is 9.91. The Hall–Kier alpha value is -2.23. The van der Waals surface area contributed by atoms with Crippen molar-refractivity contribution in [1.82, 2.24) is 19.5 Å². The monoisotopic (exact) mass is 278 g/mol. The second-order valence-corrected chi connectivity index (χ2v) is 4.52. The lowest BCUT2D eigenvalue weighted by Gasteiger charge is -2.14. The lowest BCUT2D eigenvalue weighted by Crippen LogP contribution is -2.25. The summed E-state index contributed by atoms with van der Waals surface area (Å²) >= 11 is 0. The predicted molar refractivity (Wildman–Crippen MR) is 70.3 cm³/mol. The summed E-state index contributed by atoms with van der Waals surface area (Å²) in [5.74, 6) is 0.175. The molecule has 0 spiro atoms. The molecule has 0 bridgehead atoms. The molecule has 2 aromatic heterocycles. The molecule has 0 amide bonds. The molecule has 0 saturated carbocycles. The summed E-state index contributed by atoms with van der Waals surface area (Å²) in [6.45, 7) is 3.46. The molecule has 20 heavy (non-hydrogen) atoms. The van der Waals surface area contributed by atoms with Crippen molar-refractivity contribution in [1.29, 1.82) is 0 Å². The Morgan fingerprint density at radius 1 is 1.40 bits per heavy atom. The Morgan fingerprint density at radius 2 is 2.15 bits per heavy atom. The quantitative estimate of drug-likeness (QED) is 0.501. The highest BCUT2D eigenvalue weighted by molar-refractivity contribution is 5.82. The number of imidazole rings is 1. The Morgan fingerprint density at radius 3 is 2.80 bits per heavy atom. The number of aromatic nitrogens is 4. The zero-order chi connectivity index (χ0) is 14.4. The van der Waals surface area contributed by atoms with E-state index in [4.69, 9.17) is 21.3 Å². The molecule has 3 rings (SSSR count). The van der Waals surface area contributed by atoms with E-state index in [1.165, 1.54) is 6.33 Å². The molecule has 0 aromatic carbocycles. The third-order valence-electron chi connectivity index (χ3n) is 3.25. The molecule has 106 valence electrons. The molecule has 1 fully saturated rings. The summed E-state index contributed by atoms with van der Waals surface area (Å²) in [6, 6.07) is 0. The van der Waals surface area contributed by atoms with E-state index >= 15 is 0 Å². The highest BCUT2D eigenvalue weighted by atomic mass is 16.5. The maximum atomic E-state index is 9.91. The van der Waals surface area contributed by atoms with Gasteiger partial charge in [0.15, 0.2) is 17.7 Å². The van der Waals surface area contributed by atoms with Crippen LogP contribution in [0.25, 0.3) is 11.2 Å². The molecule has 1 aliphatic rings. The van der Waals surface area contributed by atoms with Gasteiger partial charge in [-0.2, -0.15) is 9.97 Å². The highest BCUT2D eigenvalue weighted by Gasteiger charge is 2.39. The minimum absolute atomic E-state index is 0.0135. The first-order valence-corrected chi connectivity index (χ1v) is 5.91. The number of hydrogen-bond acceptors (Lipinski definition) is 8. The van der Waals surface area contributed by atoms with Gasteiger partial charge < -0.3 is 26.4 Å². The van der Waals surface area contributed by atoms with E-state index < -0.39 is 18.4 Å². The number of nitrogens with two attached hydrogens (primary N) is 2. The molecule has 3 heterocycles. The van der Waals surface area contributed by atoms with Gasteiger partial charge in [0.05, 0.1) is 12.9 Å². The van der Waals surface area contributed by atoms with Crippen LogP contribution in [0.15, 0.2) is 18.5 Å². The van der Waals surface area contributed by atoms with Gasteiger partial charge in [0, 0.05) is 5.57 Å². The molecular formula is C11H14N6O3.